The van der Waals surface area contributed by atoms with Crippen molar-refractivity contribution in [3.8, 4) is 16.8 Å². The molecule has 0 aliphatic heterocycles. The Morgan fingerprint density at radius 3 is 2.80 bits per heavy atom. The second-order valence-corrected chi connectivity index (χ2v) is 5.17. The fourth-order valence-electron chi connectivity index (χ4n) is 1.03. The molecule has 74 valence electrons. The molecule has 2 N–H and O–H groups in total. The first kappa shape index (κ1) is 10.1. The van der Waals surface area contributed by atoms with Gasteiger partial charge in [-0.15, -0.1) is 11.3 Å². The fourth-order valence-corrected chi connectivity index (χ4v) is 2.36. The van der Waals surface area contributed by atoms with Crippen molar-refractivity contribution in [1.82, 2.24) is 9.97 Å². The predicted molar refractivity (Wildman–Crippen MR) is 62.2 cm³/mol. The van der Waals surface area contributed by atoms with Gasteiger partial charge in [-0.05, 0) is 28.1 Å². The van der Waals surface area contributed by atoms with Gasteiger partial charge in [-0.3, -0.25) is 0 Å². The molecule has 2 aromatic heterocycles. The Kier molecular flexibility index (Phi) is 2.66. The molecule has 15 heavy (non-hydrogen) atoms. The third-order valence-corrected chi connectivity index (χ3v) is 3.35. The lowest BCUT2D eigenvalue weighted by atomic mass is 10.3. The second-order valence-electron chi connectivity index (χ2n) is 2.71. The molecule has 0 amide bonds. The predicted octanol–water partition coefficient (Wildman–Crippen LogP) is 2.42. The highest BCUT2D eigenvalue weighted by Gasteiger charge is 2.07. The zero-order valence-electron chi connectivity index (χ0n) is 7.44. The van der Waals surface area contributed by atoms with E-state index in [0.717, 1.165) is 8.66 Å². The van der Waals surface area contributed by atoms with Gasteiger partial charge in [-0.25, -0.2) is 9.97 Å². The van der Waals surface area contributed by atoms with Gasteiger partial charge >= 0.3 is 0 Å². The van der Waals surface area contributed by atoms with E-state index in [4.69, 9.17) is 11.0 Å². The summed E-state index contributed by atoms with van der Waals surface area (Å²) in [6, 6.07) is 5.74. The summed E-state index contributed by atoms with van der Waals surface area (Å²) in [5.74, 6) is 0.759. The van der Waals surface area contributed by atoms with E-state index in [2.05, 4.69) is 25.9 Å². The van der Waals surface area contributed by atoms with Crippen LogP contribution < -0.4 is 5.73 Å². The van der Waals surface area contributed by atoms with Crippen LogP contribution in [0.5, 0.6) is 0 Å². The molecule has 0 unspecified atom stereocenters. The smallest absolute Gasteiger partial charge is 0.171 e. The van der Waals surface area contributed by atoms with Crippen molar-refractivity contribution >= 4 is 33.1 Å². The quantitative estimate of drug-likeness (QED) is 0.871. The maximum Gasteiger partial charge on any atom is 0.171 e. The van der Waals surface area contributed by atoms with Crippen molar-refractivity contribution < 1.29 is 0 Å². The second kappa shape index (κ2) is 3.96. The number of nitrogen functional groups attached to an aromatic ring is 1. The first-order chi connectivity index (χ1) is 7.20. The Hall–Kier alpha value is -1.45. The van der Waals surface area contributed by atoms with Gasteiger partial charge in [-0.1, -0.05) is 0 Å². The Bertz CT molecular complexity index is 543. The summed E-state index contributed by atoms with van der Waals surface area (Å²) in [7, 11) is 0. The van der Waals surface area contributed by atoms with E-state index >= 15 is 0 Å². The SMILES string of the molecule is N#Cc1cnc(-c2ccc(Br)s2)nc1N. The molecule has 0 spiro atoms. The topological polar surface area (TPSA) is 75.6 Å². The molecule has 0 bridgehead atoms. The fraction of sp³-hybridized carbons (Fsp3) is 0. The molecule has 0 aliphatic carbocycles. The zero-order chi connectivity index (χ0) is 10.8. The number of anilines is 1. The van der Waals surface area contributed by atoms with Gasteiger partial charge in [-0.2, -0.15) is 5.26 Å². The van der Waals surface area contributed by atoms with Crippen LogP contribution in [0.2, 0.25) is 0 Å². The number of thiophene rings is 1. The number of hydrogen-bond acceptors (Lipinski definition) is 5. The lowest BCUT2D eigenvalue weighted by Gasteiger charge is -1.98. The average Bonchev–Trinajstić information content (AvgIpc) is 2.65. The third-order valence-electron chi connectivity index (χ3n) is 1.73. The Morgan fingerprint density at radius 1 is 1.47 bits per heavy atom. The van der Waals surface area contributed by atoms with Gasteiger partial charge in [0.1, 0.15) is 17.5 Å². The number of halogens is 1. The molecule has 0 saturated heterocycles. The number of nitrogens with zero attached hydrogens (tertiary/aromatic N) is 3. The number of nitriles is 1. The molecule has 2 heterocycles. The molecule has 6 heteroatoms. The Balaban J connectivity index is 2.48. The summed E-state index contributed by atoms with van der Waals surface area (Å²) in [6.07, 6.45) is 1.44. The molecule has 2 aromatic rings. The monoisotopic (exact) mass is 280 g/mol. The van der Waals surface area contributed by atoms with Crippen LogP contribution in [0.3, 0.4) is 0 Å². The lowest BCUT2D eigenvalue weighted by molar-refractivity contribution is 1.18. The largest absolute Gasteiger partial charge is 0.382 e. The van der Waals surface area contributed by atoms with Crippen molar-refractivity contribution in [1.29, 1.82) is 5.26 Å². The normalized spacial score (nSPS) is 9.87. The van der Waals surface area contributed by atoms with Crippen molar-refractivity contribution in [2.24, 2.45) is 0 Å². The summed E-state index contributed by atoms with van der Waals surface area (Å²) in [5, 5.41) is 8.67. The van der Waals surface area contributed by atoms with Crippen LogP contribution in [0.4, 0.5) is 5.82 Å². The van der Waals surface area contributed by atoms with Crippen LogP contribution in [0, 0.1) is 11.3 Å². The van der Waals surface area contributed by atoms with Gasteiger partial charge in [0.25, 0.3) is 0 Å². The zero-order valence-corrected chi connectivity index (χ0v) is 9.84. The molecule has 0 atom stereocenters. The molecule has 4 nitrogen and oxygen atoms in total. The highest BCUT2D eigenvalue weighted by Crippen LogP contribution is 2.29. The molecule has 0 aliphatic rings. The standard InChI is InChI=1S/C9H5BrN4S/c10-7-2-1-6(15-7)9-13-4-5(3-11)8(12)14-9/h1-2,4H,(H2,12,13,14). The number of hydrogen-bond donors (Lipinski definition) is 1. The van der Waals surface area contributed by atoms with Gasteiger partial charge < -0.3 is 5.73 Å². The number of rotatable bonds is 1. The summed E-state index contributed by atoms with van der Waals surface area (Å²) in [6.45, 7) is 0. The minimum Gasteiger partial charge on any atom is -0.382 e. The van der Waals surface area contributed by atoms with Crippen molar-refractivity contribution in [2.45, 2.75) is 0 Å². The first-order valence-corrected chi connectivity index (χ1v) is 5.60. The van der Waals surface area contributed by atoms with Gasteiger partial charge in [0.05, 0.1) is 14.9 Å². The van der Waals surface area contributed by atoms with E-state index in [-0.39, 0.29) is 5.82 Å². The molecular weight excluding hydrogens is 276 g/mol. The van der Waals surface area contributed by atoms with Crippen LogP contribution in [0.25, 0.3) is 10.7 Å². The van der Waals surface area contributed by atoms with Crippen LogP contribution in [0.1, 0.15) is 5.56 Å². The first-order valence-electron chi connectivity index (χ1n) is 3.99. The highest BCUT2D eigenvalue weighted by atomic mass is 79.9. The van der Waals surface area contributed by atoms with Gasteiger partial charge in [0.2, 0.25) is 0 Å². The van der Waals surface area contributed by atoms with Crippen LogP contribution >= 0.6 is 27.3 Å². The maximum absolute atomic E-state index is 8.67. The van der Waals surface area contributed by atoms with E-state index in [1.165, 1.54) is 17.5 Å². The molecule has 0 saturated carbocycles. The van der Waals surface area contributed by atoms with Crippen LogP contribution in [-0.2, 0) is 0 Å². The van der Waals surface area contributed by atoms with E-state index in [1.54, 1.807) is 0 Å². The summed E-state index contributed by atoms with van der Waals surface area (Å²) in [5.41, 5.74) is 5.90. The summed E-state index contributed by atoms with van der Waals surface area (Å²) >= 11 is 4.87. The van der Waals surface area contributed by atoms with Gasteiger partial charge in [0.15, 0.2) is 5.82 Å². The van der Waals surface area contributed by atoms with Crippen molar-refractivity contribution in [2.75, 3.05) is 5.73 Å². The maximum atomic E-state index is 8.67. The molecule has 0 aromatic carbocycles. The van der Waals surface area contributed by atoms with E-state index in [1.807, 2.05) is 18.2 Å². The lowest BCUT2D eigenvalue weighted by Crippen LogP contribution is -1.97. The van der Waals surface area contributed by atoms with Crippen LogP contribution in [-0.4, -0.2) is 9.97 Å². The summed E-state index contributed by atoms with van der Waals surface area (Å²) in [4.78, 5) is 9.05. The van der Waals surface area contributed by atoms with Gasteiger partial charge in [0, 0.05) is 0 Å². The van der Waals surface area contributed by atoms with E-state index in [9.17, 15) is 0 Å². The molecule has 0 radical (unpaired) electrons. The molecule has 2 rings (SSSR count). The van der Waals surface area contributed by atoms with Crippen LogP contribution in [0.15, 0.2) is 22.1 Å². The average molecular weight is 281 g/mol. The molecular formula is C9H5BrN4S. The highest BCUT2D eigenvalue weighted by molar-refractivity contribution is 9.11. The Labute approximate surface area is 98.5 Å². The minimum absolute atomic E-state index is 0.215. The van der Waals surface area contributed by atoms with Crippen molar-refractivity contribution in [3.63, 3.8) is 0 Å². The summed E-state index contributed by atoms with van der Waals surface area (Å²) < 4.78 is 1.00. The van der Waals surface area contributed by atoms with E-state index in [0.29, 0.717) is 11.4 Å². The minimum atomic E-state index is 0.215. The van der Waals surface area contributed by atoms with Crippen molar-refractivity contribution in [3.05, 3.63) is 27.7 Å². The molecule has 0 fully saturated rings. The number of nitrogens with two attached hydrogens (primary N) is 1. The number of aromatic nitrogens is 2. The Morgan fingerprint density at radius 2 is 2.27 bits per heavy atom. The van der Waals surface area contributed by atoms with E-state index < -0.39 is 0 Å². The third kappa shape index (κ3) is 1.98.